The number of urea groups is 1. The molecule has 2 aromatic rings. The fourth-order valence-corrected chi connectivity index (χ4v) is 5.39. The molecule has 3 amide bonds. The van der Waals surface area contributed by atoms with Gasteiger partial charge in [-0.3, -0.25) is 9.59 Å². The standard InChI is InChI=1S/C25H32N4O5S/c1-33-19-10-18(11-20(12-19)34-2)26-24(31)21(7-8-35-3)27-25(32)28-13-16-9-17(15-28)22-5-4-6-23(30)29(22)14-16/h4-6,10-12,16-17,21H,7-9,13-15H2,1-3H3,(H,26,31)(H,27,32)/t16-,17+,21+/m1/s1. The molecule has 3 heterocycles. The summed E-state index contributed by atoms with van der Waals surface area (Å²) >= 11 is 1.62. The molecular formula is C25H32N4O5S. The Morgan fingerprint density at radius 1 is 1.11 bits per heavy atom. The molecule has 35 heavy (non-hydrogen) atoms. The fraction of sp³-hybridized carbons (Fsp3) is 0.480. The number of piperidine rings is 1. The average molecular weight is 501 g/mol. The quantitative estimate of drug-likeness (QED) is 0.578. The third kappa shape index (κ3) is 5.75. The molecule has 10 heteroatoms. The van der Waals surface area contributed by atoms with Crippen LogP contribution in [-0.2, 0) is 11.3 Å². The zero-order valence-corrected chi connectivity index (χ0v) is 21.1. The van der Waals surface area contributed by atoms with Crippen LogP contribution in [0.1, 0.15) is 24.5 Å². The van der Waals surface area contributed by atoms with Gasteiger partial charge >= 0.3 is 6.03 Å². The number of carbonyl (C=O) groups is 2. The first-order valence-electron chi connectivity index (χ1n) is 11.7. The second kappa shape index (κ2) is 11.1. The topological polar surface area (TPSA) is 102 Å². The number of thioether (sulfide) groups is 1. The molecule has 2 N–H and O–H groups in total. The van der Waals surface area contributed by atoms with Gasteiger partial charge in [0, 0.05) is 61.2 Å². The molecule has 0 spiro atoms. The van der Waals surface area contributed by atoms with E-state index in [1.54, 1.807) is 61.2 Å². The SMILES string of the molecule is COc1cc(NC(=O)[C@H](CCSC)NC(=O)N2C[C@H]3C[C@@H](C2)c2cccc(=O)n2C3)cc(OC)c1. The summed E-state index contributed by atoms with van der Waals surface area (Å²) in [6.45, 7) is 1.70. The minimum Gasteiger partial charge on any atom is -0.497 e. The van der Waals surface area contributed by atoms with Crippen molar-refractivity contribution in [2.75, 3.05) is 44.6 Å². The summed E-state index contributed by atoms with van der Waals surface area (Å²) in [4.78, 5) is 40.5. The molecule has 0 unspecified atom stereocenters. The first-order valence-corrected chi connectivity index (χ1v) is 13.1. The normalized spacial score (nSPS) is 19.3. The van der Waals surface area contributed by atoms with E-state index in [0.29, 0.717) is 43.2 Å². The molecule has 4 rings (SSSR count). The van der Waals surface area contributed by atoms with Crippen molar-refractivity contribution in [2.24, 2.45) is 5.92 Å². The molecule has 2 aliphatic heterocycles. The molecule has 2 bridgehead atoms. The maximum atomic E-state index is 13.3. The summed E-state index contributed by atoms with van der Waals surface area (Å²) in [5.74, 6) is 1.88. The lowest BCUT2D eigenvalue weighted by atomic mass is 9.83. The number of benzene rings is 1. The molecule has 1 aromatic heterocycles. The molecule has 0 aliphatic carbocycles. The Bertz CT molecular complexity index is 1110. The van der Waals surface area contributed by atoms with E-state index in [1.807, 2.05) is 16.9 Å². The average Bonchev–Trinajstić information content (AvgIpc) is 2.86. The number of ether oxygens (including phenoxy) is 2. The van der Waals surface area contributed by atoms with Crippen molar-refractivity contribution in [3.05, 3.63) is 52.4 Å². The molecule has 3 atom stereocenters. The number of amides is 3. The number of carbonyl (C=O) groups excluding carboxylic acids is 2. The number of pyridine rings is 1. The van der Waals surface area contributed by atoms with E-state index < -0.39 is 6.04 Å². The maximum absolute atomic E-state index is 13.3. The largest absolute Gasteiger partial charge is 0.497 e. The van der Waals surface area contributed by atoms with Crippen LogP contribution in [0.3, 0.4) is 0 Å². The third-order valence-corrected chi connectivity index (χ3v) is 7.25. The number of anilines is 1. The van der Waals surface area contributed by atoms with Gasteiger partial charge in [0.1, 0.15) is 17.5 Å². The van der Waals surface area contributed by atoms with Gasteiger partial charge in [0.15, 0.2) is 0 Å². The number of aromatic nitrogens is 1. The minimum atomic E-state index is -0.691. The summed E-state index contributed by atoms with van der Waals surface area (Å²) in [6, 6.07) is 9.53. The number of nitrogens with one attached hydrogen (secondary N) is 2. The summed E-state index contributed by atoms with van der Waals surface area (Å²) in [6.07, 6.45) is 3.43. The van der Waals surface area contributed by atoms with Gasteiger partial charge in [-0.25, -0.2) is 4.79 Å². The Labute approximate surface area is 209 Å². The van der Waals surface area contributed by atoms with Crippen molar-refractivity contribution in [3.63, 3.8) is 0 Å². The molecule has 9 nitrogen and oxygen atoms in total. The van der Waals surface area contributed by atoms with Crippen molar-refractivity contribution < 1.29 is 19.1 Å². The summed E-state index contributed by atoms with van der Waals surface area (Å²) in [5, 5.41) is 5.84. The molecule has 2 aliphatic rings. The first-order chi connectivity index (χ1) is 16.9. The van der Waals surface area contributed by atoms with Gasteiger partial charge in [0.2, 0.25) is 5.91 Å². The lowest BCUT2D eigenvalue weighted by molar-refractivity contribution is -0.118. The molecular weight excluding hydrogens is 468 g/mol. The van der Waals surface area contributed by atoms with Crippen molar-refractivity contribution in [3.8, 4) is 11.5 Å². The van der Waals surface area contributed by atoms with E-state index in [0.717, 1.165) is 17.9 Å². The van der Waals surface area contributed by atoms with Gasteiger partial charge in [0.05, 0.1) is 14.2 Å². The zero-order chi connectivity index (χ0) is 24.9. The molecule has 1 saturated heterocycles. The van der Waals surface area contributed by atoms with E-state index in [-0.39, 0.29) is 29.3 Å². The van der Waals surface area contributed by atoms with Crippen LogP contribution in [0, 0.1) is 5.92 Å². The van der Waals surface area contributed by atoms with E-state index in [4.69, 9.17) is 9.47 Å². The second-order valence-corrected chi connectivity index (χ2v) is 9.96. The monoisotopic (exact) mass is 500 g/mol. The van der Waals surface area contributed by atoms with Gasteiger partial charge in [-0.1, -0.05) is 6.07 Å². The van der Waals surface area contributed by atoms with Crippen LogP contribution in [-0.4, -0.2) is 66.8 Å². The highest BCUT2D eigenvalue weighted by Crippen LogP contribution is 2.35. The molecule has 1 fully saturated rings. The number of methoxy groups -OCH3 is 2. The number of likely N-dealkylation sites (tertiary alicyclic amines) is 1. The lowest BCUT2D eigenvalue weighted by Gasteiger charge is -2.43. The highest BCUT2D eigenvalue weighted by Gasteiger charge is 2.37. The van der Waals surface area contributed by atoms with Crippen LogP contribution in [0.5, 0.6) is 11.5 Å². The number of nitrogens with zero attached hydrogens (tertiary/aromatic N) is 2. The van der Waals surface area contributed by atoms with Crippen molar-refractivity contribution in [1.29, 1.82) is 0 Å². The maximum Gasteiger partial charge on any atom is 0.318 e. The second-order valence-electron chi connectivity index (χ2n) is 8.98. The highest BCUT2D eigenvalue weighted by molar-refractivity contribution is 7.98. The predicted octanol–water partition coefficient (Wildman–Crippen LogP) is 2.75. The third-order valence-electron chi connectivity index (χ3n) is 6.61. The van der Waals surface area contributed by atoms with E-state index in [1.165, 1.54) is 0 Å². The van der Waals surface area contributed by atoms with Gasteiger partial charge in [-0.2, -0.15) is 11.8 Å². The van der Waals surface area contributed by atoms with Crippen LogP contribution in [0.25, 0.3) is 0 Å². The van der Waals surface area contributed by atoms with Gasteiger partial charge in [-0.05, 0) is 36.8 Å². The van der Waals surface area contributed by atoms with Crippen molar-refractivity contribution >= 4 is 29.4 Å². The molecule has 0 saturated carbocycles. The van der Waals surface area contributed by atoms with Gasteiger partial charge < -0.3 is 29.6 Å². The smallest absolute Gasteiger partial charge is 0.318 e. The predicted molar refractivity (Wildman–Crippen MR) is 137 cm³/mol. The molecule has 188 valence electrons. The number of fused-ring (bicyclic) bond motifs is 4. The Kier molecular flexibility index (Phi) is 7.90. The Balaban J connectivity index is 1.45. The summed E-state index contributed by atoms with van der Waals surface area (Å²) in [7, 11) is 3.09. The summed E-state index contributed by atoms with van der Waals surface area (Å²) in [5.41, 5.74) is 1.53. The van der Waals surface area contributed by atoms with E-state index in [9.17, 15) is 14.4 Å². The van der Waals surface area contributed by atoms with Crippen molar-refractivity contribution in [2.45, 2.75) is 31.3 Å². The Morgan fingerprint density at radius 2 is 1.86 bits per heavy atom. The van der Waals surface area contributed by atoms with Gasteiger partial charge in [-0.15, -0.1) is 0 Å². The number of hydrogen-bond acceptors (Lipinski definition) is 6. The van der Waals surface area contributed by atoms with Gasteiger partial charge in [0.25, 0.3) is 5.56 Å². The zero-order valence-electron chi connectivity index (χ0n) is 20.3. The van der Waals surface area contributed by atoms with Crippen LogP contribution in [0.15, 0.2) is 41.2 Å². The Morgan fingerprint density at radius 3 is 2.54 bits per heavy atom. The number of hydrogen-bond donors (Lipinski definition) is 2. The van der Waals surface area contributed by atoms with Crippen LogP contribution in [0.4, 0.5) is 10.5 Å². The fourth-order valence-electron chi connectivity index (χ4n) is 4.92. The van der Waals surface area contributed by atoms with Crippen LogP contribution < -0.4 is 25.7 Å². The lowest BCUT2D eigenvalue weighted by Crippen LogP contribution is -2.55. The van der Waals surface area contributed by atoms with E-state index in [2.05, 4.69) is 10.6 Å². The van der Waals surface area contributed by atoms with Crippen LogP contribution >= 0.6 is 11.8 Å². The molecule has 1 aromatic carbocycles. The molecule has 0 radical (unpaired) electrons. The number of rotatable bonds is 8. The Hall–Kier alpha value is -3.14. The highest BCUT2D eigenvalue weighted by atomic mass is 32.2. The summed E-state index contributed by atoms with van der Waals surface area (Å²) < 4.78 is 12.4. The van der Waals surface area contributed by atoms with E-state index >= 15 is 0 Å². The first kappa shape index (κ1) is 25.0. The van der Waals surface area contributed by atoms with Crippen LogP contribution in [0.2, 0.25) is 0 Å². The van der Waals surface area contributed by atoms with Crippen molar-refractivity contribution in [1.82, 2.24) is 14.8 Å². The minimum absolute atomic E-state index is 0.0121.